The van der Waals surface area contributed by atoms with E-state index in [-0.39, 0.29) is 11.7 Å². The Balaban J connectivity index is 1.78. The van der Waals surface area contributed by atoms with Gasteiger partial charge in [-0.25, -0.2) is 9.97 Å². The second-order valence-corrected chi connectivity index (χ2v) is 6.93. The second-order valence-electron chi connectivity index (χ2n) is 5.83. The fourth-order valence-corrected chi connectivity index (χ4v) is 3.26. The number of carbonyl (C=O) groups excluding carboxylic acids is 1. The summed E-state index contributed by atoms with van der Waals surface area (Å²) in [5.74, 6) is 0.514. The molecule has 2 aromatic carbocycles. The van der Waals surface area contributed by atoms with Crippen molar-refractivity contribution in [2.24, 2.45) is 0 Å². The standard InChI is InChI=1S/C20H17N5O3S/c1-12(26)23-16-5-4-15(9-13(16)11-21)29-19-7-8-22-20(25-19)24-14-3-6-17(27)18(10-14)28-2/h3-10,27H,1-2H3,(H,23,26)(H,22,24,25). The first kappa shape index (κ1) is 20.0. The molecule has 8 nitrogen and oxygen atoms in total. The first-order chi connectivity index (χ1) is 14.0. The molecule has 0 bridgehead atoms. The number of amides is 1. The van der Waals surface area contributed by atoms with Gasteiger partial charge in [0.1, 0.15) is 11.1 Å². The Bertz CT molecular complexity index is 1100. The molecule has 0 spiro atoms. The smallest absolute Gasteiger partial charge is 0.228 e. The number of carbonyl (C=O) groups is 1. The number of nitrogens with one attached hydrogen (secondary N) is 2. The summed E-state index contributed by atoms with van der Waals surface area (Å²) >= 11 is 1.36. The maximum Gasteiger partial charge on any atom is 0.228 e. The SMILES string of the molecule is COc1cc(Nc2nccc(Sc3ccc(NC(C)=O)c(C#N)c3)n2)ccc1O. The van der Waals surface area contributed by atoms with Gasteiger partial charge in [-0.1, -0.05) is 11.8 Å². The van der Waals surface area contributed by atoms with Crippen molar-refractivity contribution >= 4 is 35.0 Å². The summed E-state index contributed by atoms with van der Waals surface area (Å²) in [6.07, 6.45) is 1.62. The van der Waals surface area contributed by atoms with E-state index in [4.69, 9.17) is 4.74 Å². The molecule has 1 amide bonds. The van der Waals surface area contributed by atoms with Gasteiger partial charge in [0.2, 0.25) is 11.9 Å². The maximum atomic E-state index is 11.2. The van der Waals surface area contributed by atoms with E-state index in [9.17, 15) is 15.2 Å². The van der Waals surface area contributed by atoms with Crippen LogP contribution in [0.1, 0.15) is 12.5 Å². The lowest BCUT2D eigenvalue weighted by atomic mass is 10.2. The molecular weight excluding hydrogens is 390 g/mol. The third-order valence-corrected chi connectivity index (χ3v) is 4.64. The molecular formula is C20H17N5O3S. The molecule has 3 N–H and O–H groups in total. The third kappa shape index (κ3) is 5.15. The number of ether oxygens (including phenoxy) is 1. The molecule has 3 aromatic rings. The van der Waals surface area contributed by atoms with E-state index < -0.39 is 0 Å². The number of hydrogen-bond donors (Lipinski definition) is 3. The minimum atomic E-state index is -0.237. The summed E-state index contributed by atoms with van der Waals surface area (Å²) in [4.78, 5) is 20.7. The summed E-state index contributed by atoms with van der Waals surface area (Å²) in [6.45, 7) is 1.39. The van der Waals surface area contributed by atoms with Gasteiger partial charge in [0.15, 0.2) is 11.5 Å². The Kier molecular flexibility index (Phi) is 6.16. The number of methoxy groups -OCH3 is 1. The molecule has 29 heavy (non-hydrogen) atoms. The Labute approximate surface area is 171 Å². The first-order valence-electron chi connectivity index (χ1n) is 8.45. The number of anilines is 3. The lowest BCUT2D eigenvalue weighted by Crippen LogP contribution is -2.07. The molecule has 146 valence electrons. The van der Waals surface area contributed by atoms with Gasteiger partial charge < -0.3 is 20.5 Å². The first-order valence-corrected chi connectivity index (χ1v) is 9.27. The Morgan fingerprint density at radius 2 is 2.07 bits per heavy atom. The largest absolute Gasteiger partial charge is 0.504 e. The van der Waals surface area contributed by atoms with Crippen LogP contribution >= 0.6 is 11.8 Å². The van der Waals surface area contributed by atoms with Crippen molar-refractivity contribution in [3.63, 3.8) is 0 Å². The van der Waals surface area contributed by atoms with Crippen LogP contribution in [0.3, 0.4) is 0 Å². The third-order valence-electron chi connectivity index (χ3n) is 3.71. The van der Waals surface area contributed by atoms with Crippen molar-refractivity contribution < 1.29 is 14.6 Å². The number of aromatic hydroxyl groups is 1. The second kappa shape index (κ2) is 8.95. The van der Waals surface area contributed by atoms with Crippen LogP contribution in [-0.4, -0.2) is 28.1 Å². The minimum Gasteiger partial charge on any atom is -0.504 e. The molecule has 0 aliphatic carbocycles. The average Bonchev–Trinajstić information content (AvgIpc) is 2.70. The Hall–Kier alpha value is -3.77. The van der Waals surface area contributed by atoms with E-state index >= 15 is 0 Å². The van der Waals surface area contributed by atoms with E-state index in [1.54, 1.807) is 42.6 Å². The highest BCUT2D eigenvalue weighted by molar-refractivity contribution is 7.99. The Morgan fingerprint density at radius 1 is 1.24 bits per heavy atom. The van der Waals surface area contributed by atoms with E-state index in [2.05, 4.69) is 26.7 Å². The summed E-state index contributed by atoms with van der Waals surface area (Å²) in [6, 6.07) is 13.8. The highest BCUT2D eigenvalue weighted by Gasteiger charge is 2.09. The zero-order valence-corrected chi connectivity index (χ0v) is 16.4. The number of phenolic OH excluding ortho intramolecular Hbond substituents is 1. The van der Waals surface area contributed by atoms with E-state index in [1.807, 2.05) is 0 Å². The van der Waals surface area contributed by atoms with Crippen LogP contribution in [0.5, 0.6) is 11.5 Å². The van der Waals surface area contributed by atoms with Gasteiger partial charge in [0, 0.05) is 29.8 Å². The quantitative estimate of drug-likeness (QED) is 0.415. The highest BCUT2D eigenvalue weighted by atomic mass is 32.2. The van der Waals surface area contributed by atoms with Gasteiger partial charge in [0.05, 0.1) is 18.4 Å². The van der Waals surface area contributed by atoms with Crippen LogP contribution in [-0.2, 0) is 4.79 Å². The molecule has 0 saturated heterocycles. The zero-order valence-electron chi connectivity index (χ0n) is 15.6. The fraction of sp³-hybridized carbons (Fsp3) is 0.100. The van der Waals surface area contributed by atoms with Gasteiger partial charge in [-0.2, -0.15) is 5.26 Å². The highest BCUT2D eigenvalue weighted by Crippen LogP contribution is 2.31. The monoisotopic (exact) mass is 407 g/mol. The van der Waals surface area contributed by atoms with Crippen molar-refractivity contribution in [1.82, 2.24) is 9.97 Å². The van der Waals surface area contributed by atoms with Crippen LogP contribution in [0.15, 0.2) is 58.6 Å². The zero-order chi connectivity index (χ0) is 20.8. The van der Waals surface area contributed by atoms with Crippen molar-refractivity contribution in [1.29, 1.82) is 5.26 Å². The predicted octanol–water partition coefficient (Wildman–Crippen LogP) is 3.92. The number of rotatable bonds is 6. The number of aromatic nitrogens is 2. The molecule has 0 fully saturated rings. The molecule has 1 aromatic heterocycles. The van der Waals surface area contributed by atoms with Gasteiger partial charge in [-0.05, 0) is 36.4 Å². The summed E-state index contributed by atoms with van der Waals surface area (Å²) in [5, 5.41) is 25.4. The van der Waals surface area contributed by atoms with E-state index in [1.165, 1.54) is 31.9 Å². The Morgan fingerprint density at radius 3 is 2.79 bits per heavy atom. The lowest BCUT2D eigenvalue weighted by molar-refractivity contribution is -0.114. The van der Waals surface area contributed by atoms with Gasteiger partial charge >= 0.3 is 0 Å². The average molecular weight is 407 g/mol. The number of phenols is 1. The summed E-state index contributed by atoms with van der Waals surface area (Å²) in [7, 11) is 1.47. The van der Waals surface area contributed by atoms with Gasteiger partial charge in [0.25, 0.3) is 0 Å². The molecule has 0 aliphatic rings. The summed E-state index contributed by atoms with van der Waals surface area (Å²) < 4.78 is 5.09. The molecule has 0 radical (unpaired) electrons. The van der Waals surface area contributed by atoms with Crippen LogP contribution in [0.2, 0.25) is 0 Å². The number of nitriles is 1. The number of benzene rings is 2. The van der Waals surface area contributed by atoms with Crippen molar-refractivity contribution in [2.45, 2.75) is 16.8 Å². The number of nitrogens with zero attached hydrogens (tertiary/aromatic N) is 3. The fourth-order valence-electron chi connectivity index (χ4n) is 2.44. The van der Waals surface area contributed by atoms with Crippen LogP contribution < -0.4 is 15.4 Å². The molecule has 0 saturated carbocycles. The van der Waals surface area contributed by atoms with Crippen molar-refractivity contribution in [3.05, 3.63) is 54.2 Å². The predicted molar refractivity (Wildman–Crippen MR) is 110 cm³/mol. The lowest BCUT2D eigenvalue weighted by Gasteiger charge is -2.09. The molecule has 9 heteroatoms. The van der Waals surface area contributed by atoms with Gasteiger partial charge in [-0.3, -0.25) is 4.79 Å². The van der Waals surface area contributed by atoms with Crippen LogP contribution in [0.4, 0.5) is 17.3 Å². The molecule has 1 heterocycles. The van der Waals surface area contributed by atoms with Crippen molar-refractivity contribution in [2.75, 3.05) is 17.7 Å². The van der Waals surface area contributed by atoms with E-state index in [0.29, 0.717) is 33.7 Å². The summed E-state index contributed by atoms with van der Waals surface area (Å²) in [5.41, 5.74) is 1.50. The van der Waals surface area contributed by atoms with Crippen LogP contribution in [0, 0.1) is 11.3 Å². The molecule has 3 rings (SSSR count). The molecule has 0 aliphatic heterocycles. The topological polar surface area (TPSA) is 120 Å². The normalized spacial score (nSPS) is 10.1. The van der Waals surface area contributed by atoms with E-state index in [0.717, 1.165) is 4.90 Å². The van der Waals surface area contributed by atoms with Crippen LogP contribution in [0.25, 0.3) is 0 Å². The number of hydrogen-bond acceptors (Lipinski definition) is 8. The maximum absolute atomic E-state index is 11.2. The minimum absolute atomic E-state index is 0.0410. The van der Waals surface area contributed by atoms with Crippen molar-refractivity contribution in [3.8, 4) is 17.6 Å². The van der Waals surface area contributed by atoms with Gasteiger partial charge in [-0.15, -0.1) is 0 Å². The molecule has 0 atom stereocenters. The molecule has 0 unspecified atom stereocenters.